The van der Waals surface area contributed by atoms with Gasteiger partial charge >= 0.3 is 0 Å². The maximum Gasteiger partial charge on any atom is 0.225 e. The van der Waals surface area contributed by atoms with E-state index in [9.17, 15) is 13.2 Å². The van der Waals surface area contributed by atoms with E-state index in [1.54, 1.807) is 36.8 Å². The van der Waals surface area contributed by atoms with Gasteiger partial charge in [-0.05, 0) is 52.7 Å². The minimum absolute atomic E-state index is 0.145. The summed E-state index contributed by atoms with van der Waals surface area (Å²) in [5, 5.41) is 4.41. The molecule has 150 valence electrons. The van der Waals surface area contributed by atoms with Crippen LogP contribution in [0.25, 0.3) is 0 Å². The molecule has 0 aliphatic carbocycles. The predicted molar refractivity (Wildman–Crippen MR) is 117 cm³/mol. The van der Waals surface area contributed by atoms with Crippen molar-refractivity contribution < 1.29 is 17.9 Å². The molecular formula is C21H18BrNO4S2. The zero-order valence-electron chi connectivity index (χ0n) is 15.7. The Balaban J connectivity index is 1.80. The molecule has 0 saturated carbocycles. The Hall–Kier alpha value is -2.16. The molecule has 2 heterocycles. The van der Waals surface area contributed by atoms with Gasteiger partial charge in [0.2, 0.25) is 15.7 Å². The summed E-state index contributed by atoms with van der Waals surface area (Å²) in [5.74, 6) is 0.282. The van der Waals surface area contributed by atoms with Gasteiger partial charge in [-0.15, -0.1) is 11.3 Å². The highest BCUT2D eigenvalue weighted by molar-refractivity contribution is 9.10. The van der Waals surface area contributed by atoms with Gasteiger partial charge in [0.25, 0.3) is 0 Å². The molecule has 0 spiro atoms. The van der Waals surface area contributed by atoms with Crippen LogP contribution in [-0.2, 0) is 14.6 Å². The number of aryl methyl sites for hydroxylation is 1. The lowest BCUT2D eigenvalue weighted by molar-refractivity contribution is -0.116. The van der Waals surface area contributed by atoms with Gasteiger partial charge in [-0.25, -0.2) is 8.42 Å². The summed E-state index contributed by atoms with van der Waals surface area (Å²) in [4.78, 5) is 13.6. The molecule has 1 aliphatic heterocycles. The van der Waals surface area contributed by atoms with Crippen molar-refractivity contribution in [1.82, 2.24) is 0 Å². The molecular weight excluding hydrogens is 474 g/mol. The number of amides is 1. The molecule has 1 N–H and O–H groups in total. The van der Waals surface area contributed by atoms with Crippen LogP contribution in [0.2, 0.25) is 0 Å². The van der Waals surface area contributed by atoms with Crippen molar-refractivity contribution in [3.8, 4) is 5.75 Å². The van der Waals surface area contributed by atoms with Gasteiger partial charge in [0, 0.05) is 22.6 Å². The quantitative estimate of drug-likeness (QED) is 0.548. The Morgan fingerprint density at radius 3 is 2.55 bits per heavy atom. The summed E-state index contributed by atoms with van der Waals surface area (Å²) in [6.45, 7) is 1.90. The maximum absolute atomic E-state index is 13.2. The van der Waals surface area contributed by atoms with Gasteiger partial charge in [-0.1, -0.05) is 23.8 Å². The van der Waals surface area contributed by atoms with Crippen molar-refractivity contribution >= 4 is 48.7 Å². The molecule has 5 nitrogen and oxygen atoms in total. The van der Waals surface area contributed by atoms with Crippen LogP contribution in [0, 0.1) is 6.92 Å². The SMILES string of the molecule is COc1ccc(C2CC(=O)Nc3c(S(=O)(=O)c4ccc(C)cc4)csc32)cc1Br. The maximum atomic E-state index is 13.2. The van der Waals surface area contributed by atoms with Gasteiger partial charge in [0.05, 0.1) is 22.2 Å². The summed E-state index contributed by atoms with van der Waals surface area (Å²) >= 11 is 4.84. The molecule has 29 heavy (non-hydrogen) atoms. The zero-order chi connectivity index (χ0) is 20.8. The first kappa shape index (κ1) is 20.1. The molecule has 1 aliphatic rings. The Morgan fingerprint density at radius 1 is 1.17 bits per heavy atom. The fourth-order valence-corrected chi connectivity index (χ4v) is 6.88. The van der Waals surface area contributed by atoms with E-state index in [0.29, 0.717) is 11.4 Å². The molecule has 1 amide bonds. The van der Waals surface area contributed by atoms with E-state index < -0.39 is 9.84 Å². The van der Waals surface area contributed by atoms with Crippen molar-refractivity contribution in [2.45, 2.75) is 29.1 Å². The molecule has 1 atom stereocenters. The van der Waals surface area contributed by atoms with Crippen LogP contribution in [0.15, 0.2) is 62.1 Å². The van der Waals surface area contributed by atoms with E-state index in [1.807, 2.05) is 25.1 Å². The first-order valence-electron chi connectivity index (χ1n) is 8.87. The summed E-state index contributed by atoms with van der Waals surface area (Å²) < 4.78 is 32.5. The van der Waals surface area contributed by atoms with Crippen LogP contribution in [0.3, 0.4) is 0 Å². The highest BCUT2D eigenvalue weighted by atomic mass is 79.9. The lowest BCUT2D eigenvalue weighted by atomic mass is 9.90. The number of thiophene rings is 1. The number of fused-ring (bicyclic) bond motifs is 1. The molecule has 4 rings (SSSR count). The third-order valence-electron chi connectivity index (χ3n) is 4.96. The molecule has 0 fully saturated rings. The van der Waals surface area contributed by atoms with Crippen LogP contribution < -0.4 is 10.1 Å². The standard InChI is InChI=1S/C21H18BrNO4S2/c1-12-3-6-14(7-4-12)29(25,26)18-11-28-21-15(10-19(24)23-20(18)21)13-5-8-17(27-2)16(22)9-13/h3-9,11,15H,10H2,1-2H3,(H,23,24). The highest BCUT2D eigenvalue weighted by Gasteiger charge is 2.34. The van der Waals surface area contributed by atoms with Gasteiger partial charge in [0.1, 0.15) is 10.6 Å². The molecule has 0 bridgehead atoms. The van der Waals surface area contributed by atoms with E-state index >= 15 is 0 Å². The number of nitrogens with one attached hydrogen (secondary N) is 1. The average Bonchev–Trinajstić information content (AvgIpc) is 3.12. The number of carbonyl (C=O) groups excluding carboxylic acids is 1. The largest absolute Gasteiger partial charge is 0.496 e. The molecule has 1 aromatic heterocycles. The highest BCUT2D eigenvalue weighted by Crippen LogP contribution is 2.46. The van der Waals surface area contributed by atoms with E-state index in [-0.39, 0.29) is 28.0 Å². The minimum Gasteiger partial charge on any atom is -0.496 e. The van der Waals surface area contributed by atoms with Crippen LogP contribution in [0.1, 0.15) is 28.3 Å². The predicted octanol–water partition coefficient (Wildman–Crippen LogP) is 5.13. The van der Waals surface area contributed by atoms with E-state index in [4.69, 9.17) is 4.74 Å². The van der Waals surface area contributed by atoms with Crippen molar-refractivity contribution in [2.75, 3.05) is 12.4 Å². The Morgan fingerprint density at radius 2 is 1.90 bits per heavy atom. The number of methoxy groups -OCH3 is 1. The fraction of sp³-hybridized carbons (Fsp3) is 0.190. The van der Waals surface area contributed by atoms with E-state index in [1.165, 1.54) is 11.3 Å². The second-order valence-electron chi connectivity index (χ2n) is 6.85. The Kier molecular flexibility index (Phi) is 5.27. The van der Waals surface area contributed by atoms with Crippen molar-refractivity contribution in [3.63, 3.8) is 0 Å². The smallest absolute Gasteiger partial charge is 0.225 e. The Labute approximate surface area is 181 Å². The molecule has 0 saturated heterocycles. The lowest BCUT2D eigenvalue weighted by Crippen LogP contribution is -2.23. The zero-order valence-corrected chi connectivity index (χ0v) is 18.9. The van der Waals surface area contributed by atoms with Crippen LogP contribution in [0.4, 0.5) is 5.69 Å². The third kappa shape index (κ3) is 3.60. The third-order valence-corrected chi connectivity index (χ3v) is 8.61. The fourth-order valence-electron chi connectivity index (χ4n) is 3.42. The van der Waals surface area contributed by atoms with E-state index in [2.05, 4.69) is 21.2 Å². The summed E-state index contributed by atoms with van der Waals surface area (Å²) in [6, 6.07) is 12.4. The first-order valence-corrected chi connectivity index (χ1v) is 12.0. The monoisotopic (exact) mass is 491 g/mol. The van der Waals surface area contributed by atoms with Crippen LogP contribution in [-0.4, -0.2) is 21.4 Å². The van der Waals surface area contributed by atoms with Crippen LogP contribution >= 0.6 is 27.3 Å². The van der Waals surface area contributed by atoms with E-state index in [0.717, 1.165) is 20.5 Å². The summed E-state index contributed by atoms with van der Waals surface area (Å²) in [5.41, 5.74) is 2.30. The average molecular weight is 492 g/mol. The number of anilines is 1. The number of rotatable bonds is 4. The molecule has 3 aromatic rings. The Bertz CT molecular complexity index is 1200. The molecule has 2 aromatic carbocycles. The number of halogens is 1. The van der Waals surface area contributed by atoms with Gasteiger partial charge in [0.15, 0.2) is 0 Å². The van der Waals surface area contributed by atoms with Gasteiger partial charge in [-0.3, -0.25) is 4.79 Å². The number of sulfone groups is 1. The lowest BCUT2D eigenvalue weighted by Gasteiger charge is -2.24. The second kappa shape index (κ2) is 7.59. The summed E-state index contributed by atoms with van der Waals surface area (Å²) in [7, 11) is -2.14. The van der Waals surface area contributed by atoms with Gasteiger partial charge in [-0.2, -0.15) is 0 Å². The number of carbonyl (C=O) groups is 1. The number of hydrogen-bond acceptors (Lipinski definition) is 5. The van der Waals surface area contributed by atoms with Crippen molar-refractivity contribution in [1.29, 1.82) is 0 Å². The number of hydrogen-bond donors (Lipinski definition) is 1. The van der Waals surface area contributed by atoms with Gasteiger partial charge < -0.3 is 10.1 Å². The normalized spacial score (nSPS) is 16.2. The topological polar surface area (TPSA) is 72.5 Å². The van der Waals surface area contributed by atoms with Crippen LogP contribution in [0.5, 0.6) is 5.75 Å². The number of ether oxygens (including phenoxy) is 1. The number of benzene rings is 2. The first-order chi connectivity index (χ1) is 13.8. The van der Waals surface area contributed by atoms with Crippen molar-refractivity contribution in [3.05, 3.63) is 68.3 Å². The molecule has 0 radical (unpaired) electrons. The minimum atomic E-state index is -3.74. The summed E-state index contributed by atoms with van der Waals surface area (Å²) in [6.07, 6.45) is 0.260. The second-order valence-corrected chi connectivity index (χ2v) is 10.5. The molecule has 1 unspecified atom stereocenters. The van der Waals surface area contributed by atoms with Crippen molar-refractivity contribution in [2.24, 2.45) is 0 Å². The molecule has 8 heteroatoms.